The first-order chi connectivity index (χ1) is 7.99. The van der Waals surface area contributed by atoms with E-state index in [2.05, 4.69) is 35.6 Å². The van der Waals surface area contributed by atoms with E-state index >= 15 is 0 Å². The van der Waals surface area contributed by atoms with Crippen molar-refractivity contribution in [1.82, 2.24) is 9.97 Å². The van der Waals surface area contributed by atoms with Crippen LogP contribution in [-0.2, 0) is 0 Å². The summed E-state index contributed by atoms with van der Waals surface area (Å²) in [6.45, 7) is 10.6. The van der Waals surface area contributed by atoms with Crippen LogP contribution >= 0.6 is 0 Å². The van der Waals surface area contributed by atoms with Crippen LogP contribution < -0.4 is 10.6 Å². The molecule has 2 heterocycles. The molecular formula is C13H22N4. The summed E-state index contributed by atoms with van der Waals surface area (Å²) in [7, 11) is 0. The molecule has 4 heteroatoms. The minimum atomic E-state index is 0.316. The van der Waals surface area contributed by atoms with E-state index in [1.165, 1.54) is 6.42 Å². The maximum Gasteiger partial charge on any atom is 0.137 e. The van der Waals surface area contributed by atoms with Crippen LogP contribution in [0.15, 0.2) is 0 Å². The average Bonchev–Trinajstić information content (AvgIpc) is 2.68. The Morgan fingerprint density at radius 2 is 2.06 bits per heavy atom. The molecule has 0 bridgehead atoms. The van der Waals surface area contributed by atoms with Crippen LogP contribution in [0.5, 0.6) is 0 Å². The summed E-state index contributed by atoms with van der Waals surface area (Å²) in [5.74, 6) is 3.57. The first kappa shape index (κ1) is 12.1. The molecule has 2 rings (SSSR count). The van der Waals surface area contributed by atoms with Gasteiger partial charge in [-0.3, -0.25) is 0 Å². The minimum Gasteiger partial charge on any atom is -0.383 e. The highest BCUT2D eigenvalue weighted by molar-refractivity contribution is 5.57. The Bertz CT molecular complexity index is 414. The maximum absolute atomic E-state index is 5.98. The normalized spacial score (nSPS) is 20.3. The van der Waals surface area contributed by atoms with Crippen LogP contribution in [0.4, 0.5) is 11.6 Å². The lowest BCUT2D eigenvalue weighted by Crippen LogP contribution is -2.23. The topological polar surface area (TPSA) is 55.0 Å². The third-order valence-electron chi connectivity index (χ3n) is 3.41. The van der Waals surface area contributed by atoms with E-state index in [1.54, 1.807) is 0 Å². The van der Waals surface area contributed by atoms with Crippen LogP contribution in [0.1, 0.15) is 44.5 Å². The zero-order valence-electron chi connectivity index (χ0n) is 11.2. The molecule has 2 N–H and O–H groups in total. The average molecular weight is 234 g/mol. The predicted octanol–water partition coefficient (Wildman–Crippen LogP) is 2.34. The molecule has 1 unspecified atom stereocenters. The Hall–Kier alpha value is -1.32. The van der Waals surface area contributed by atoms with Crippen LogP contribution in [0.3, 0.4) is 0 Å². The molecule has 0 spiro atoms. The van der Waals surface area contributed by atoms with Crippen LogP contribution in [0.2, 0.25) is 0 Å². The van der Waals surface area contributed by atoms with Gasteiger partial charge in [-0.15, -0.1) is 0 Å². The van der Waals surface area contributed by atoms with Gasteiger partial charge in [0.25, 0.3) is 0 Å². The van der Waals surface area contributed by atoms with Gasteiger partial charge in [-0.2, -0.15) is 0 Å². The second-order valence-electron chi connectivity index (χ2n) is 5.41. The smallest absolute Gasteiger partial charge is 0.137 e. The van der Waals surface area contributed by atoms with Gasteiger partial charge in [0, 0.05) is 24.6 Å². The molecule has 17 heavy (non-hydrogen) atoms. The van der Waals surface area contributed by atoms with E-state index in [9.17, 15) is 0 Å². The molecular weight excluding hydrogens is 212 g/mol. The summed E-state index contributed by atoms with van der Waals surface area (Å²) in [6.07, 6.45) is 1.24. The van der Waals surface area contributed by atoms with E-state index in [4.69, 9.17) is 5.73 Å². The molecule has 4 nitrogen and oxygen atoms in total. The van der Waals surface area contributed by atoms with Gasteiger partial charge >= 0.3 is 0 Å². The Kier molecular flexibility index (Phi) is 3.22. The van der Waals surface area contributed by atoms with Crippen molar-refractivity contribution in [3.05, 3.63) is 11.4 Å². The van der Waals surface area contributed by atoms with Crippen molar-refractivity contribution in [1.29, 1.82) is 0 Å². The fourth-order valence-electron chi connectivity index (χ4n) is 2.23. The number of anilines is 2. The van der Waals surface area contributed by atoms with E-state index < -0.39 is 0 Å². The second-order valence-corrected chi connectivity index (χ2v) is 5.41. The largest absolute Gasteiger partial charge is 0.383 e. The number of rotatable bonds is 2. The SMILES string of the molecule is Cc1c(N)nc(C(C)C)nc1N1CCC(C)C1. The number of hydrogen-bond acceptors (Lipinski definition) is 4. The first-order valence-electron chi connectivity index (χ1n) is 6.38. The second kappa shape index (κ2) is 4.51. The van der Waals surface area contributed by atoms with Crippen molar-refractivity contribution >= 4 is 11.6 Å². The third-order valence-corrected chi connectivity index (χ3v) is 3.41. The predicted molar refractivity (Wildman–Crippen MR) is 71.3 cm³/mol. The fraction of sp³-hybridized carbons (Fsp3) is 0.692. The Balaban J connectivity index is 2.38. The highest BCUT2D eigenvalue weighted by Gasteiger charge is 2.23. The molecule has 0 radical (unpaired) electrons. The van der Waals surface area contributed by atoms with Gasteiger partial charge in [-0.25, -0.2) is 9.97 Å². The lowest BCUT2D eigenvalue weighted by atomic mass is 10.2. The molecule has 1 aromatic rings. The summed E-state index contributed by atoms with van der Waals surface area (Å²) < 4.78 is 0. The molecule has 1 aliphatic heterocycles. The number of nitrogens with two attached hydrogens (primary N) is 1. The molecule has 1 aliphatic rings. The van der Waals surface area contributed by atoms with Gasteiger partial charge < -0.3 is 10.6 Å². The summed E-state index contributed by atoms with van der Waals surface area (Å²) in [4.78, 5) is 11.4. The lowest BCUT2D eigenvalue weighted by molar-refractivity contribution is 0.658. The molecule has 0 aromatic carbocycles. The van der Waals surface area contributed by atoms with Gasteiger partial charge in [-0.05, 0) is 19.3 Å². The van der Waals surface area contributed by atoms with Crippen molar-refractivity contribution in [2.75, 3.05) is 23.7 Å². The number of nitrogens with zero attached hydrogens (tertiary/aromatic N) is 3. The zero-order valence-corrected chi connectivity index (χ0v) is 11.2. The molecule has 1 fully saturated rings. The standard InChI is InChI=1S/C13H22N4/c1-8(2)12-15-11(14)10(4)13(16-12)17-6-5-9(3)7-17/h8-9H,5-7H2,1-4H3,(H2,14,15,16). The van der Waals surface area contributed by atoms with E-state index in [1.807, 2.05) is 6.92 Å². The Morgan fingerprint density at radius 1 is 1.35 bits per heavy atom. The summed E-state index contributed by atoms with van der Waals surface area (Å²) in [5, 5.41) is 0. The molecule has 1 saturated heterocycles. The monoisotopic (exact) mass is 234 g/mol. The highest BCUT2D eigenvalue weighted by Crippen LogP contribution is 2.28. The number of aromatic nitrogens is 2. The number of nitrogen functional groups attached to an aromatic ring is 1. The van der Waals surface area contributed by atoms with Gasteiger partial charge in [0.1, 0.15) is 17.5 Å². The Labute approximate surface area is 103 Å². The molecule has 0 aliphatic carbocycles. The molecule has 0 saturated carbocycles. The molecule has 1 aromatic heterocycles. The quantitative estimate of drug-likeness (QED) is 0.853. The van der Waals surface area contributed by atoms with Crippen molar-refractivity contribution in [2.24, 2.45) is 5.92 Å². The van der Waals surface area contributed by atoms with Gasteiger partial charge in [0.05, 0.1) is 0 Å². The van der Waals surface area contributed by atoms with E-state index in [0.29, 0.717) is 11.7 Å². The van der Waals surface area contributed by atoms with Crippen molar-refractivity contribution < 1.29 is 0 Å². The zero-order chi connectivity index (χ0) is 12.6. The summed E-state index contributed by atoms with van der Waals surface area (Å²) >= 11 is 0. The van der Waals surface area contributed by atoms with Gasteiger partial charge in [0.15, 0.2) is 0 Å². The summed E-state index contributed by atoms with van der Waals surface area (Å²) in [5.41, 5.74) is 7.00. The van der Waals surface area contributed by atoms with Crippen LogP contribution in [0.25, 0.3) is 0 Å². The molecule has 1 atom stereocenters. The van der Waals surface area contributed by atoms with E-state index in [-0.39, 0.29) is 0 Å². The summed E-state index contributed by atoms with van der Waals surface area (Å²) in [6, 6.07) is 0. The minimum absolute atomic E-state index is 0.316. The highest BCUT2D eigenvalue weighted by atomic mass is 15.2. The van der Waals surface area contributed by atoms with Crippen molar-refractivity contribution in [3.8, 4) is 0 Å². The van der Waals surface area contributed by atoms with Crippen molar-refractivity contribution in [2.45, 2.75) is 40.0 Å². The van der Waals surface area contributed by atoms with Crippen molar-refractivity contribution in [3.63, 3.8) is 0 Å². The third kappa shape index (κ3) is 2.35. The lowest BCUT2D eigenvalue weighted by Gasteiger charge is -2.21. The van der Waals surface area contributed by atoms with Crippen LogP contribution in [-0.4, -0.2) is 23.1 Å². The van der Waals surface area contributed by atoms with Gasteiger partial charge in [0.2, 0.25) is 0 Å². The first-order valence-corrected chi connectivity index (χ1v) is 6.38. The maximum atomic E-state index is 5.98. The van der Waals surface area contributed by atoms with Gasteiger partial charge in [-0.1, -0.05) is 20.8 Å². The van der Waals surface area contributed by atoms with Crippen LogP contribution in [0, 0.1) is 12.8 Å². The van der Waals surface area contributed by atoms with E-state index in [0.717, 1.165) is 36.2 Å². The molecule has 0 amide bonds. The number of hydrogen-bond donors (Lipinski definition) is 1. The Morgan fingerprint density at radius 3 is 2.59 bits per heavy atom. The fourth-order valence-corrected chi connectivity index (χ4v) is 2.23. The molecule has 94 valence electrons.